The molecule has 0 aliphatic rings. The fourth-order valence-electron chi connectivity index (χ4n) is 4.04. The van der Waals surface area contributed by atoms with E-state index in [9.17, 15) is 14.2 Å². The predicted molar refractivity (Wildman–Crippen MR) is 146 cm³/mol. The molecule has 2 aromatic heterocycles. The number of nitrogens with two attached hydrogens (primary N) is 1. The summed E-state index contributed by atoms with van der Waals surface area (Å²) in [6.07, 6.45) is 2.39. The molecule has 0 unspecified atom stereocenters. The summed E-state index contributed by atoms with van der Waals surface area (Å²) in [6, 6.07) is 5.67. The van der Waals surface area contributed by atoms with Crippen molar-refractivity contribution in [1.82, 2.24) is 19.9 Å². The summed E-state index contributed by atoms with van der Waals surface area (Å²) in [6.45, 7) is 9.29. The lowest BCUT2D eigenvalue weighted by atomic mass is 10.2. The first kappa shape index (κ1) is 29.5. The van der Waals surface area contributed by atoms with Crippen molar-refractivity contribution in [2.24, 2.45) is 0 Å². The average molecular weight is 566 g/mol. The summed E-state index contributed by atoms with van der Waals surface area (Å²) >= 11 is 5.87. The molecule has 0 atom stereocenters. The van der Waals surface area contributed by atoms with Gasteiger partial charge < -0.3 is 25.1 Å². The number of imidazole rings is 1. The summed E-state index contributed by atoms with van der Waals surface area (Å²) in [5.41, 5.74) is 7.66. The van der Waals surface area contributed by atoms with Gasteiger partial charge in [0, 0.05) is 19.1 Å². The second-order valence-corrected chi connectivity index (χ2v) is 13.0. The molecule has 13 heteroatoms. The molecule has 3 aromatic rings. The third-order valence-electron chi connectivity index (χ3n) is 5.72. The van der Waals surface area contributed by atoms with Crippen LogP contribution in [0.1, 0.15) is 43.0 Å². The molecule has 0 saturated carbocycles. The highest BCUT2D eigenvalue weighted by Crippen LogP contribution is 2.35. The Morgan fingerprint density at radius 2 is 2.03 bits per heavy atom. The van der Waals surface area contributed by atoms with Gasteiger partial charge in [0.1, 0.15) is 31.2 Å². The zero-order valence-corrected chi connectivity index (χ0v) is 23.8. The van der Waals surface area contributed by atoms with E-state index in [1.807, 2.05) is 32.0 Å². The van der Waals surface area contributed by atoms with Crippen LogP contribution in [0.3, 0.4) is 0 Å². The summed E-state index contributed by atoms with van der Waals surface area (Å²) in [5.74, 6) is 0.949. The molecule has 0 radical (unpaired) electrons. The summed E-state index contributed by atoms with van der Waals surface area (Å²) < 4.78 is 27.0. The van der Waals surface area contributed by atoms with E-state index in [-0.39, 0.29) is 41.9 Å². The van der Waals surface area contributed by atoms with Crippen molar-refractivity contribution in [3.63, 3.8) is 0 Å². The van der Waals surface area contributed by atoms with Gasteiger partial charge in [-0.3, -0.25) is 9.59 Å². The molecule has 0 aliphatic heterocycles. The van der Waals surface area contributed by atoms with Crippen molar-refractivity contribution in [1.29, 1.82) is 0 Å². The summed E-state index contributed by atoms with van der Waals surface area (Å²) in [4.78, 5) is 32.9. The SMILES string of the molecule is CCn1c(CNC(=O)c2nc(Cl)cnc2N)[n+](CC)c2ccc(OCC(=O)CCCOCP(C)(C)=O)cc21. The number of fused-ring (bicyclic) bond motifs is 1. The Morgan fingerprint density at radius 3 is 2.71 bits per heavy atom. The van der Waals surface area contributed by atoms with Gasteiger partial charge >= 0.3 is 0 Å². The van der Waals surface area contributed by atoms with Crippen LogP contribution in [0.25, 0.3) is 11.0 Å². The highest BCUT2D eigenvalue weighted by molar-refractivity contribution is 7.62. The average Bonchev–Trinajstić information content (AvgIpc) is 3.18. The molecule has 1 amide bonds. The van der Waals surface area contributed by atoms with Gasteiger partial charge in [0.25, 0.3) is 11.7 Å². The number of nitrogens with zero attached hydrogens (tertiary/aromatic N) is 4. The van der Waals surface area contributed by atoms with E-state index in [0.29, 0.717) is 38.3 Å². The minimum absolute atomic E-state index is 0.00269. The zero-order valence-electron chi connectivity index (χ0n) is 22.2. The molecule has 2 heterocycles. The molecular formula is C25H35ClN6O5P+. The molecule has 38 heavy (non-hydrogen) atoms. The number of anilines is 1. The topological polar surface area (TPSA) is 142 Å². The van der Waals surface area contributed by atoms with Crippen LogP contribution in [0.2, 0.25) is 5.15 Å². The van der Waals surface area contributed by atoms with Crippen molar-refractivity contribution < 1.29 is 28.2 Å². The molecule has 11 nitrogen and oxygen atoms in total. The molecule has 0 saturated heterocycles. The molecule has 3 N–H and O–H groups in total. The largest absolute Gasteiger partial charge is 0.486 e. The lowest BCUT2D eigenvalue weighted by Gasteiger charge is -2.08. The number of aryl methyl sites for hydroxylation is 2. The number of Topliss-reactive ketones (excluding diaryl/α,β-unsaturated/α-hetero) is 1. The maximum atomic E-state index is 12.7. The Bertz CT molecular complexity index is 1360. The number of rotatable bonds is 14. The Morgan fingerprint density at radius 1 is 1.26 bits per heavy atom. The number of ketones is 1. The van der Waals surface area contributed by atoms with E-state index in [0.717, 1.165) is 16.9 Å². The van der Waals surface area contributed by atoms with E-state index in [1.54, 1.807) is 13.3 Å². The molecule has 206 valence electrons. The highest BCUT2D eigenvalue weighted by atomic mass is 35.5. The van der Waals surface area contributed by atoms with Gasteiger partial charge in [-0.25, -0.2) is 19.1 Å². The van der Waals surface area contributed by atoms with E-state index >= 15 is 0 Å². The number of carbonyl (C=O) groups is 2. The van der Waals surface area contributed by atoms with Crippen LogP contribution >= 0.6 is 18.7 Å². The zero-order chi connectivity index (χ0) is 27.9. The maximum absolute atomic E-state index is 12.7. The maximum Gasteiger partial charge on any atom is 0.277 e. The van der Waals surface area contributed by atoms with Crippen LogP contribution in [-0.2, 0) is 33.7 Å². The van der Waals surface area contributed by atoms with E-state index in [4.69, 9.17) is 26.8 Å². The summed E-state index contributed by atoms with van der Waals surface area (Å²) in [5, 5.41) is 2.94. The van der Waals surface area contributed by atoms with Crippen molar-refractivity contribution in [2.45, 2.75) is 46.3 Å². The van der Waals surface area contributed by atoms with Crippen molar-refractivity contribution in [3.8, 4) is 5.75 Å². The van der Waals surface area contributed by atoms with Crippen LogP contribution in [-0.4, -0.2) is 59.1 Å². The van der Waals surface area contributed by atoms with Crippen LogP contribution < -0.4 is 20.4 Å². The second-order valence-electron chi connectivity index (χ2n) is 9.21. The minimum Gasteiger partial charge on any atom is -0.486 e. The van der Waals surface area contributed by atoms with Gasteiger partial charge in [0.05, 0.1) is 25.6 Å². The lowest BCUT2D eigenvalue weighted by molar-refractivity contribution is -0.676. The number of benzene rings is 1. The molecule has 0 aliphatic carbocycles. The third-order valence-corrected chi connectivity index (χ3v) is 6.71. The van der Waals surface area contributed by atoms with Crippen LogP contribution in [0.5, 0.6) is 5.75 Å². The molecular weight excluding hydrogens is 531 g/mol. The van der Waals surface area contributed by atoms with Crippen LogP contribution in [0.15, 0.2) is 24.4 Å². The standard InChI is InChI=1S/C25H34ClN6O5P/c1-5-31-19-10-9-18(37-15-17(33)8-7-11-36-16-38(3,4)35)12-20(19)32(6-2)22(31)14-29-25(34)23-24(27)28-13-21(26)30-23/h9-10,12-13H,5-8,11,14-16H2,1-4H3,(H2-,27,28,29,34)/p+1. The quantitative estimate of drug-likeness (QED) is 0.172. The Labute approximate surface area is 227 Å². The number of carbonyl (C=O) groups excluding carboxylic acids is 2. The van der Waals surface area contributed by atoms with Gasteiger partial charge in [-0.05, 0) is 45.7 Å². The minimum atomic E-state index is -2.21. The smallest absolute Gasteiger partial charge is 0.277 e. The number of hydrogen-bond acceptors (Lipinski definition) is 8. The van der Waals surface area contributed by atoms with E-state index in [1.165, 1.54) is 6.20 Å². The molecule has 0 spiro atoms. The number of halogens is 1. The van der Waals surface area contributed by atoms with Gasteiger partial charge in [-0.2, -0.15) is 0 Å². The Kier molecular flexibility index (Phi) is 10.2. The highest BCUT2D eigenvalue weighted by Gasteiger charge is 2.25. The van der Waals surface area contributed by atoms with Gasteiger partial charge in [-0.1, -0.05) is 11.6 Å². The van der Waals surface area contributed by atoms with Crippen molar-refractivity contribution in [3.05, 3.63) is 41.1 Å². The Balaban J connectivity index is 1.68. The normalized spacial score (nSPS) is 11.6. The number of aromatic nitrogens is 4. The fourth-order valence-corrected chi connectivity index (χ4v) is 4.74. The van der Waals surface area contributed by atoms with Crippen molar-refractivity contribution in [2.75, 3.05) is 38.6 Å². The van der Waals surface area contributed by atoms with Gasteiger partial charge in [0.15, 0.2) is 28.3 Å². The monoisotopic (exact) mass is 565 g/mol. The molecule has 0 bridgehead atoms. The number of nitrogen functional groups attached to an aromatic ring is 1. The first-order chi connectivity index (χ1) is 18.0. The molecule has 1 aromatic carbocycles. The van der Waals surface area contributed by atoms with Gasteiger partial charge in [-0.15, -0.1) is 0 Å². The molecule has 0 fully saturated rings. The second kappa shape index (κ2) is 13.2. The van der Waals surface area contributed by atoms with Gasteiger partial charge in [0.2, 0.25) is 0 Å². The lowest BCUT2D eigenvalue weighted by Crippen LogP contribution is -2.40. The Hall–Kier alpha value is -3.01. The number of nitrogens with one attached hydrogen (secondary N) is 1. The fraction of sp³-hybridized carbons (Fsp3) is 0.480. The number of ether oxygens (including phenoxy) is 2. The van der Waals surface area contributed by atoms with E-state index < -0.39 is 13.0 Å². The van der Waals surface area contributed by atoms with Crippen LogP contribution in [0.4, 0.5) is 5.82 Å². The third kappa shape index (κ3) is 7.75. The predicted octanol–water partition coefficient (Wildman–Crippen LogP) is 3.25. The number of hydrogen-bond donors (Lipinski definition) is 2. The van der Waals surface area contributed by atoms with Crippen LogP contribution in [0, 0.1) is 0 Å². The number of amides is 1. The summed E-state index contributed by atoms with van der Waals surface area (Å²) in [7, 11) is -2.21. The first-order valence-corrected chi connectivity index (χ1v) is 15.6. The van der Waals surface area contributed by atoms with E-state index in [2.05, 4.69) is 24.4 Å². The molecule has 3 rings (SSSR count). The van der Waals surface area contributed by atoms with Crippen molar-refractivity contribution >= 4 is 47.3 Å². The first-order valence-electron chi connectivity index (χ1n) is 12.4.